The molecular formula is C18H16FN3O5. The van der Waals surface area contributed by atoms with Crippen LogP contribution < -0.4 is 10.1 Å². The average Bonchev–Trinajstić information content (AvgIpc) is 2.86. The lowest BCUT2D eigenvalue weighted by Crippen LogP contribution is -2.41. The van der Waals surface area contributed by atoms with Crippen LogP contribution in [0.1, 0.15) is 12.5 Å². The molecule has 1 saturated heterocycles. The van der Waals surface area contributed by atoms with Gasteiger partial charge < -0.3 is 10.1 Å². The van der Waals surface area contributed by atoms with Crippen LogP contribution in [0.4, 0.5) is 14.9 Å². The minimum atomic E-state index is -1.33. The van der Waals surface area contributed by atoms with Gasteiger partial charge in [0.25, 0.3) is 11.6 Å². The molecule has 3 amide bonds. The van der Waals surface area contributed by atoms with Gasteiger partial charge in [0.2, 0.25) is 0 Å². The number of nitrogens with one attached hydrogen (secondary N) is 1. The van der Waals surface area contributed by atoms with E-state index in [0.29, 0.717) is 11.3 Å². The molecule has 27 heavy (non-hydrogen) atoms. The molecule has 0 saturated carbocycles. The van der Waals surface area contributed by atoms with Gasteiger partial charge in [-0.1, -0.05) is 6.07 Å². The number of rotatable bonds is 6. The van der Waals surface area contributed by atoms with E-state index in [9.17, 15) is 24.1 Å². The molecule has 8 nitrogen and oxygen atoms in total. The molecule has 0 unspecified atom stereocenters. The van der Waals surface area contributed by atoms with Crippen molar-refractivity contribution in [3.8, 4) is 5.75 Å². The summed E-state index contributed by atoms with van der Waals surface area (Å²) in [4.78, 5) is 36.2. The minimum absolute atomic E-state index is 0.00104. The van der Waals surface area contributed by atoms with E-state index in [4.69, 9.17) is 4.74 Å². The van der Waals surface area contributed by atoms with Crippen LogP contribution in [-0.2, 0) is 10.3 Å². The summed E-state index contributed by atoms with van der Waals surface area (Å²) in [5.41, 5.74) is -1.01. The van der Waals surface area contributed by atoms with Crippen molar-refractivity contribution in [2.24, 2.45) is 0 Å². The van der Waals surface area contributed by atoms with Crippen molar-refractivity contribution < 1.29 is 23.6 Å². The number of hydrogen-bond donors (Lipinski definition) is 1. The molecule has 2 aromatic carbocycles. The molecule has 0 spiro atoms. The van der Waals surface area contributed by atoms with Crippen molar-refractivity contribution in [1.29, 1.82) is 0 Å². The number of non-ortho nitro benzene ring substituents is 1. The Kier molecular flexibility index (Phi) is 4.76. The first-order chi connectivity index (χ1) is 12.8. The second kappa shape index (κ2) is 7.02. The number of ether oxygens (including phenoxy) is 1. The van der Waals surface area contributed by atoms with Gasteiger partial charge in [0.15, 0.2) is 0 Å². The summed E-state index contributed by atoms with van der Waals surface area (Å²) in [6.45, 7) is 1.50. The molecule has 140 valence electrons. The van der Waals surface area contributed by atoms with Crippen LogP contribution in [0.2, 0.25) is 0 Å². The number of carbonyl (C=O) groups excluding carboxylic acids is 2. The highest BCUT2D eigenvalue weighted by atomic mass is 19.1. The van der Waals surface area contributed by atoms with Crippen LogP contribution in [0.5, 0.6) is 5.75 Å². The molecular weight excluding hydrogens is 357 g/mol. The summed E-state index contributed by atoms with van der Waals surface area (Å²) in [7, 11) is 0. The van der Waals surface area contributed by atoms with Gasteiger partial charge in [-0.25, -0.2) is 9.18 Å². The molecule has 1 aliphatic heterocycles. The predicted octanol–water partition coefficient (Wildman–Crippen LogP) is 2.58. The second-order valence-corrected chi connectivity index (χ2v) is 6.12. The lowest BCUT2D eigenvalue weighted by atomic mass is 9.92. The van der Waals surface area contributed by atoms with Crippen LogP contribution in [0, 0.1) is 15.9 Å². The van der Waals surface area contributed by atoms with Crippen molar-refractivity contribution in [2.75, 3.05) is 13.2 Å². The molecule has 1 aliphatic rings. The third-order valence-electron chi connectivity index (χ3n) is 4.31. The van der Waals surface area contributed by atoms with Crippen LogP contribution in [0.25, 0.3) is 0 Å². The SMILES string of the molecule is C[C@]1(c2ccc([N+](=O)[O-])cc2)NC(=O)N(CCOc2cccc(F)c2)C1=O. The van der Waals surface area contributed by atoms with Gasteiger partial charge in [0, 0.05) is 18.2 Å². The molecule has 1 atom stereocenters. The van der Waals surface area contributed by atoms with Crippen molar-refractivity contribution >= 4 is 17.6 Å². The van der Waals surface area contributed by atoms with E-state index in [1.807, 2.05) is 0 Å². The Morgan fingerprint density at radius 3 is 2.56 bits per heavy atom. The highest BCUT2D eigenvalue weighted by Gasteiger charge is 2.48. The molecule has 1 heterocycles. The first-order valence-corrected chi connectivity index (χ1v) is 8.08. The van der Waals surface area contributed by atoms with Gasteiger partial charge in [-0.15, -0.1) is 0 Å². The largest absolute Gasteiger partial charge is 0.492 e. The normalized spacial score (nSPS) is 19.1. The van der Waals surface area contributed by atoms with Crippen LogP contribution in [0.15, 0.2) is 48.5 Å². The first kappa shape index (κ1) is 18.3. The number of halogens is 1. The monoisotopic (exact) mass is 373 g/mol. The fourth-order valence-corrected chi connectivity index (χ4v) is 2.82. The van der Waals surface area contributed by atoms with Gasteiger partial charge in [-0.3, -0.25) is 19.8 Å². The maximum Gasteiger partial charge on any atom is 0.325 e. The quantitative estimate of drug-likeness (QED) is 0.476. The number of carbonyl (C=O) groups is 2. The molecule has 0 radical (unpaired) electrons. The van der Waals surface area contributed by atoms with E-state index >= 15 is 0 Å². The van der Waals surface area contributed by atoms with Gasteiger partial charge in [0.05, 0.1) is 11.5 Å². The van der Waals surface area contributed by atoms with Crippen molar-refractivity contribution in [3.63, 3.8) is 0 Å². The van der Waals surface area contributed by atoms with Gasteiger partial charge in [0.1, 0.15) is 23.7 Å². The summed E-state index contributed by atoms with van der Waals surface area (Å²) < 4.78 is 18.5. The zero-order chi connectivity index (χ0) is 19.6. The highest BCUT2D eigenvalue weighted by molar-refractivity contribution is 6.07. The predicted molar refractivity (Wildman–Crippen MR) is 92.6 cm³/mol. The third-order valence-corrected chi connectivity index (χ3v) is 4.31. The van der Waals surface area contributed by atoms with Crippen LogP contribution in [-0.4, -0.2) is 34.9 Å². The molecule has 3 rings (SSSR count). The molecule has 1 N–H and O–H groups in total. The Morgan fingerprint density at radius 1 is 1.22 bits per heavy atom. The van der Waals surface area contributed by atoms with E-state index < -0.39 is 28.2 Å². The Morgan fingerprint density at radius 2 is 1.93 bits per heavy atom. The smallest absolute Gasteiger partial charge is 0.325 e. The fourth-order valence-electron chi connectivity index (χ4n) is 2.82. The number of hydrogen-bond acceptors (Lipinski definition) is 5. The molecule has 9 heteroatoms. The molecule has 0 aromatic heterocycles. The van der Waals surface area contributed by atoms with Crippen LogP contribution >= 0.6 is 0 Å². The zero-order valence-corrected chi connectivity index (χ0v) is 14.3. The summed E-state index contributed by atoms with van der Waals surface area (Å²) in [5.74, 6) is -0.655. The van der Waals surface area contributed by atoms with Crippen molar-refractivity contribution in [1.82, 2.24) is 10.2 Å². The first-order valence-electron chi connectivity index (χ1n) is 8.08. The van der Waals surface area contributed by atoms with E-state index in [0.717, 1.165) is 4.90 Å². The Hall–Kier alpha value is -3.49. The maximum absolute atomic E-state index is 13.1. The minimum Gasteiger partial charge on any atom is -0.492 e. The summed E-state index contributed by atoms with van der Waals surface area (Å²) in [5, 5.41) is 13.4. The van der Waals surface area contributed by atoms with Gasteiger partial charge >= 0.3 is 6.03 Å². The number of imide groups is 1. The van der Waals surface area contributed by atoms with E-state index in [1.54, 1.807) is 6.07 Å². The lowest BCUT2D eigenvalue weighted by Gasteiger charge is -2.22. The number of nitro benzene ring substituents is 1. The molecule has 2 aromatic rings. The lowest BCUT2D eigenvalue weighted by molar-refractivity contribution is -0.384. The van der Waals surface area contributed by atoms with Crippen LogP contribution in [0.3, 0.4) is 0 Å². The van der Waals surface area contributed by atoms with Gasteiger partial charge in [-0.05, 0) is 36.8 Å². The maximum atomic E-state index is 13.1. The number of nitrogens with zero attached hydrogens (tertiary/aromatic N) is 2. The van der Waals surface area contributed by atoms with E-state index in [1.165, 1.54) is 49.4 Å². The van der Waals surface area contributed by atoms with E-state index in [2.05, 4.69) is 5.32 Å². The second-order valence-electron chi connectivity index (χ2n) is 6.12. The molecule has 0 aliphatic carbocycles. The summed E-state index contributed by atoms with van der Waals surface area (Å²) in [6.07, 6.45) is 0. The fraction of sp³-hybridized carbons (Fsp3) is 0.222. The summed E-state index contributed by atoms with van der Waals surface area (Å²) >= 11 is 0. The van der Waals surface area contributed by atoms with Crippen molar-refractivity contribution in [2.45, 2.75) is 12.5 Å². The average molecular weight is 373 g/mol. The number of nitro groups is 1. The zero-order valence-electron chi connectivity index (χ0n) is 14.3. The Balaban J connectivity index is 1.69. The van der Waals surface area contributed by atoms with Crippen molar-refractivity contribution in [3.05, 3.63) is 70.0 Å². The molecule has 0 bridgehead atoms. The van der Waals surface area contributed by atoms with E-state index in [-0.39, 0.29) is 18.8 Å². The Bertz CT molecular complexity index is 902. The number of benzene rings is 2. The number of urea groups is 1. The molecule has 1 fully saturated rings. The highest BCUT2D eigenvalue weighted by Crippen LogP contribution is 2.30. The van der Waals surface area contributed by atoms with Gasteiger partial charge in [-0.2, -0.15) is 0 Å². The number of amides is 3. The third kappa shape index (κ3) is 3.57. The standard InChI is InChI=1S/C18H16FN3O5/c1-18(12-5-7-14(8-6-12)22(25)26)16(23)21(17(24)20-18)9-10-27-15-4-2-3-13(19)11-15/h2-8,11H,9-10H2,1H3,(H,20,24)/t18-/m1/s1. The summed E-state index contributed by atoms with van der Waals surface area (Å²) in [6, 6.07) is 10.4. The topological polar surface area (TPSA) is 102 Å². The Labute approximate surface area is 153 Å².